The lowest BCUT2D eigenvalue weighted by Crippen LogP contribution is -2.25. The molecule has 0 aliphatic carbocycles. The van der Waals surface area contributed by atoms with Crippen LogP contribution in [0.1, 0.15) is 39.9 Å². The fourth-order valence-corrected chi connectivity index (χ4v) is 3.17. The monoisotopic (exact) mass is 366 g/mol. The Morgan fingerprint density at radius 1 is 1.04 bits per heavy atom. The van der Waals surface area contributed by atoms with Crippen LogP contribution in [0.4, 0.5) is 0 Å². The fourth-order valence-electron chi connectivity index (χ4n) is 3.17. The largest absolute Gasteiger partial charge is 0.478 e. The van der Waals surface area contributed by atoms with E-state index in [0.717, 1.165) is 24.1 Å². The molecule has 27 heavy (non-hydrogen) atoms. The number of benzene rings is 2. The summed E-state index contributed by atoms with van der Waals surface area (Å²) in [4.78, 5) is 36.9. The molecule has 2 N–H and O–H groups in total. The highest BCUT2D eigenvalue weighted by atomic mass is 16.4. The zero-order valence-electron chi connectivity index (χ0n) is 15.0. The minimum Gasteiger partial charge on any atom is -0.478 e. The quantitative estimate of drug-likeness (QED) is 0.788. The lowest BCUT2D eigenvalue weighted by atomic mass is 10.0. The molecule has 0 atom stereocenters. The third-order valence-electron chi connectivity index (χ3n) is 4.66. The molecule has 2 amide bonds. The number of carboxylic acids is 1. The summed E-state index contributed by atoms with van der Waals surface area (Å²) in [5, 5.41) is 12.0. The second-order valence-corrected chi connectivity index (χ2v) is 6.65. The van der Waals surface area contributed by atoms with Crippen LogP contribution in [0.3, 0.4) is 0 Å². The Morgan fingerprint density at radius 2 is 1.74 bits per heavy atom. The van der Waals surface area contributed by atoms with Crippen LogP contribution in [0.5, 0.6) is 0 Å². The molecule has 6 nitrogen and oxygen atoms in total. The topological polar surface area (TPSA) is 86.7 Å². The van der Waals surface area contributed by atoms with Gasteiger partial charge in [0.1, 0.15) is 0 Å². The second kappa shape index (κ2) is 8.49. The third-order valence-corrected chi connectivity index (χ3v) is 4.66. The predicted molar refractivity (Wildman–Crippen MR) is 100 cm³/mol. The number of carbonyl (C=O) groups excluding carboxylic acids is 2. The predicted octanol–water partition coefficient (Wildman–Crippen LogP) is 2.37. The van der Waals surface area contributed by atoms with Crippen molar-refractivity contribution in [3.05, 3.63) is 70.8 Å². The minimum absolute atomic E-state index is 0.0254. The van der Waals surface area contributed by atoms with Crippen molar-refractivity contribution in [3.63, 3.8) is 0 Å². The van der Waals surface area contributed by atoms with Crippen molar-refractivity contribution in [2.24, 2.45) is 0 Å². The van der Waals surface area contributed by atoms with E-state index < -0.39 is 5.97 Å². The van der Waals surface area contributed by atoms with Gasteiger partial charge < -0.3 is 15.3 Å². The van der Waals surface area contributed by atoms with Crippen molar-refractivity contribution in [3.8, 4) is 0 Å². The molecule has 1 aliphatic rings. The van der Waals surface area contributed by atoms with Crippen LogP contribution in [0.15, 0.2) is 48.5 Å². The molecule has 2 aromatic carbocycles. The number of rotatable bonds is 7. The first-order chi connectivity index (χ1) is 13.0. The van der Waals surface area contributed by atoms with E-state index in [1.165, 1.54) is 6.07 Å². The Morgan fingerprint density at radius 3 is 2.41 bits per heavy atom. The van der Waals surface area contributed by atoms with Gasteiger partial charge in [-0.3, -0.25) is 9.59 Å². The highest BCUT2D eigenvalue weighted by Crippen LogP contribution is 2.15. The normalized spacial score (nSPS) is 13.6. The average Bonchev–Trinajstić information content (AvgIpc) is 3.06. The second-order valence-electron chi connectivity index (χ2n) is 6.65. The molecule has 1 saturated heterocycles. The molecule has 0 spiro atoms. The molecule has 2 aromatic rings. The van der Waals surface area contributed by atoms with E-state index in [0.29, 0.717) is 25.1 Å². The van der Waals surface area contributed by atoms with Crippen LogP contribution in [-0.4, -0.2) is 34.3 Å². The molecule has 1 aliphatic heterocycles. The summed E-state index contributed by atoms with van der Waals surface area (Å²) < 4.78 is 0. The minimum atomic E-state index is -1.04. The molecule has 0 aromatic heterocycles. The summed E-state index contributed by atoms with van der Waals surface area (Å²) in [5.41, 5.74) is 2.66. The lowest BCUT2D eigenvalue weighted by molar-refractivity contribution is -0.128. The molecule has 6 heteroatoms. The Hall–Kier alpha value is -3.15. The van der Waals surface area contributed by atoms with Gasteiger partial charge in [0.05, 0.1) is 12.0 Å². The zero-order valence-corrected chi connectivity index (χ0v) is 15.0. The summed E-state index contributed by atoms with van der Waals surface area (Å²) in [6, 6.07) is 14.3. The molecule has 1 fully saturated rings. The molecular formula is C21H22N2O4. The van der Waals surface area contributed by atoms with Crippen molar-refractivity contribution < 1.29 is 19.5 Å². The highest BCUT2D eigenvalue weighted by Gasteiger charge is 2.19. The van der Waals surface area contributed by atoms with Gasteiger partial charge in [-0.05, 0) is 29.2 Å². The van der Waals surface area contributed by atoms with E-state index in [9.17, 15) is 19.5 Å². The molecule has 3 rings (SSSR count). The van der Waals surface area contributed by atoms with E-state index in [-0.39, 0.29) is 23.8 Å². The first-order valence-corrected chi connectivity index (χ1v) is 8.96. The van der Waals surface area contributed by atoms with Crippen molar-refractivity contribution in [1.82, 2.24) is 10.2 Å². The summed E-state index contributed by atoms with van der Waals surface area (Å²) in [6.07, 6.45) is 1.58. The van der Waals surface area contributed by atoms with Gasteiger partial charge in [0.15, 0.2) is 0 Å². The number of likely N-dealkylation sites (tertiary alicyclic amines) is 1. The summed E-state index contributed by atoms with van der Waals surface area (Å²) >= 11 is 0. The lowest BCUT2D eigenvalue weighted by Gasteiger charge is -2.15. The number of carboxylic acid groups (broad SMARTS) is 1. The van der Waals surface area contributed by atoms with Crippen LogP contribution >= 0.6 is 0 Å². The maximum Gasteiger partial charge on any atom is 0.335 e. The van der Waals surface area contributed by atoms with Gasteiger partial charge in [0.2, 0.25) is 11.8 Å². The Labute approximate surface area is 157 Å². The number of hydrogen-bond donors (Lipinski definition) is 2. The number of aromatic carboxylic acids is 1. The number of amides is 2. The van der Waals surface area contributed by atoms with Crippen LogP contribution in [0, 0.1) is 0 Å². The molecular weight excluding hydrogens is 344 g/mol. The van der Waals surface area contributed by atoms with Gasteiger partial charge in [0.25, 0.3) is 0 Å². The zero-order chi connectivity index (χ0) is 19.2. The highest BCUT2D eigenvalue weighted by molar-refractivity contribution is 5.91. The number of carbonyl (C=O) groups is 3. The maximum atomic E-state index is 12.1. The maximum absolute atomic E-state index is 12.1. The molecule has 0 bridgehead atoms. The van der Waals surface area contributed by atoms with Crippen LogP contribution in [0.25, 0.3) is 0 Å². The first-order valence-electron chi connectivity index (χ1n) is 8.96. The number of nitrogens with one attached hydrogen (secondary N) is 1. The van der Waals surface area contributed by atoms with E-state index in [2.05, 4.69) is 5.32 Å². The molecule has 0 saturated carbocycles. The Balaban J connectivity index is 1.52. The van der Waals surface area contributed by atoms with Crippen LogP contribution in [-0.2, 0) is 29.1 Å². The van der Waals surface area contributed by atoms with Crippen molar-refractivity contribution in [1.29, 1.82) is 0 Å². The molecule has 0 radical (unpaired) electrons. The SMILES string of the molecule is O=C(Cc1ccccc1C(=O)O)NCc1ccc(CN2CCCC2=O)cc1. The molecule has 0 unspecified atom stereocenters. The standard InChI is InChI=1S/C21H22N2O4/c24-19(12-17-4-1-2-5-18(17)21(26)27)22-13-15-7-9-16(10-8-15)14-23-11-3-6-20(23)25/h1-2,4-5,7-10H,3,6,11-14H2,(H,22,24)(H,26,27). The van der Waals surface area contributed by atoms with Gasteiger partial charge in [-0.15, -0.1) is 0 Å². The molecule has 1 heterocycles. The molecule has 140 valence electrons. The third kappa shape index (κ3) is 4.94. The van der Waals surface area contributed by atoms with Gasteiger partial charge in [-0.2, -0.15) is 0 Å². The van der Waals surface area contributed by atoms with Gasteiger partial charge in [0, 0.05) is 26.1 Å². The number of nitrogens with zero attached hydrogens (tertiary/aromatic N) is 1. The Kier molecular flexibility index (Phi) is 5.86. The van der Waals surface area contributed by atoms with Crippen molar-refractivity contribution in [2.75, 3.05) is 6.54 Å². The van der Waals surface area contributed by atoms with Gasteiger partial charge in [-0.1, -0.05) is 42.5 Å². The van der Waals surface area contributed by atoms with Gasteiger partial charge in [-0.25, -0.2) is 4.79 Å². The van der Waals surface area contributed by atoms with Crippen LogP contribution in [0.2, 0.25) is 0 Å². The van der Waals surface area contributed by atoms with E-state index in [1.807, 2.05) is 29.2 Å². The van der Waals surface area contributed by atoms with Crippen LogP contribution < -0.4 is 5.32 Å². The summed E-state index contributed by atoms with van der Waals surface area (Å²) in [6.45, 7) is 1.81. The Bertz CT molecular complexity index is 846. The van der Waals surface area contributed by atoms with Crippen molar-refractivity contribution in [2.45, 2.75) is 32.4 Å². The number of hydrogen-bond acceptors (Lipinski definition) is 3. The van der Waals surface area contributed by atoms with E-state index in [1.54, 1.807) is 18.2 Å². The fraction of sp³-hybridized carbons (Fsp3) is 0.286. The van der Waals surface area contributed by atoms with E-state index in [4.69, 9.17) is 0 Å². The summed E-state index contributed by atoms with van der Waals surface area (Å²) in [5.74, 6) is -1.06. The van der Waals surface area contributed by atoms with E-state index >= 15 is 0 Å². The average molecular weight is 366 g/mol. The first kappa shape index (κ1) is 18.6. The van der Waals surface area contributed by atoms with Gasteiger partial charge >= 0.3 is 5.97 Å². The smallest absolute Gasteiger partial charge is 0.335 e. The summed E-state index contributed by atoms with van der Waals surface area (Å²) in [7, 11) is 0. The van der Waals surface area contributed by atoms with Crippen molar-refractivity contribution >= 4 is 17.8 Å².